The third-order valence-electron chi connectivity index (χ3n) is 3.63. The van der Waals surface area contributed by atoms with Gasteiger partial charge in [-0.25, -0.2) is 0 Å². The van der Waals surface area contributed by atoms with Crippen LogP contribution < -0.4 is 10.5 Å². The van der Waals surface area contributed by atoms with Crippen LogP contribution in [-0.4, -0.2) is 31.6 Å². The molecule has 0 saturated carbocycles. The molecule has 1 aromatic rings. The van der Waals surface area contributed by atoms with E-state index in [0.29, 0.717) is 24.3 Å². The van der Waals surface area contributed by atoms with Crippen molar-refractivity contribution in [3.63, 3.8) is 0 Å². The van der Waals surface area contributed by atoms with Crippen LogP contribution in [0.15, 0.2) is 12.1 Å². The Bertz CT molecular complexity index is 476. The van der Waals surface area contributed by atoms with Crippen molar-refractivity contribution >= 4 is 5.78 Å². The third kappa shape index (κ3) is 2.02. The molecule has 0 amide bonds. The van der Waals surface area contributed by atoms with Gasteiger partial charge in [0.25, 0.3) is 0 Å². The van der Waals surface area contributed by atoms with Crippen LogP contribution in [0, 0.1) is 13.8 Å². The summed E-state index contributed by atoms with van der Waals surface area (Å²) in [5.41, 5.74) is 7.83. The number of Topliss-reactive ketones (excluding diaryl/α,β-unsaturated/α-hetero) is 1. The molecular formula is C14H19NO3. The van der Waals surface area contributed by atoms with Crippen LogP contribution in [-0.2, 0) is 4.74 Å². The molecule has 2 rings (SSSR count). The minimum Gasteiger partial charge on any atom is -0.496 e. The molecule has 1 saturated heterocycles. The van der Waals surface area contributed by atoms with Crippen molar-refractivity contribution < 1.29 is 14.3 Å². The average Bonchev–Trinajstić information content (AvgIpc) is 2.80. The summed E-state index contributed by atoms with van der Waals surface area (Å²) >= 11 is 0. The number of benzene rings is 1. The van der Waals surface area contributed by atoms with Gasteiger partial charge in [-0.3, -0.25) is 4.79 Å². The van der Waals surface area contributed by atoms with Crippen molar-refractivity contribution in [1.29, 1.82) is 0 Å². The van der Waals surface area contributed by atoms with Gasteiger partial charge in [-0.1, -0.05) is 6.07 Å². The smallest absolute Gasteiger partial charge is 0.188 e. The molecule has 0 bridgehead atoms. The van der Waals surface area contributed by atoms with E-state index in [9.17, 15) is 4.79 Å². The highest BCUT2D eigenvalue weighted by molar-refractivity contribution is 6.05. The fourth-order valence-corrected chi connectivity index (χ4v) is 2.26. The zero-order valence-corrected chi connectivity index (χ0v) is 11.1. The van der Waals surface area contributed by atoms with Crippen LogP contribution >= 0.6 is 0 Å². The molecule has 0 aliphatic carbocycles. The van der Waals surface area contributed by atoms with E-state index in [1.165, 1.54) is 0 Å². The van der Waals surface area contributed by atoms with E-state index in [4.69, 9.17) is 15.2 Å². The Kier molecular flexibility index (Phi) is 3.41. The molecule has 1 fully saturated rings. The Labute approximate surface area is 107 Å². The summed E-state index contributed by atoms with van der Waals surface area (Å²) in [5.74, 6) is 0.525. The molecule has 0 aromatic heterocycles. The van der Waals surface area contributed by atoms with Gasteiger partial charge in [0.1, 0.15) is 11.3 Å². The monoisotopic (exact) mass is 249 g/mol. The molecule has 1 heterocycles. The van der Waals surface area contributed by atoms with Crippen LogP contribution in [0.3, 0.4) is 0 Å². The lowest BCUT2D eigenvalue weighted by molar-refractivity contribution is 0.0860. The number of hydrogen-bond donors (Lipinski definition) is 1. The molecule has 1 atom stereocenters. The van der Waals surface area contributed by atoms with Gasteiger partial charge in [-0.2, -0.15) is 0 Å². The van der Waals surface area contributed by atoms with Crippen molar-refractivity contribution in [1.82, 2.24) is 0 Å². The summed E-state index contributed by atoms with van der Waals surface area (Å²) < 4.78 is 10.6. The third-order valence-corrected chi connectivity index (χ3v) is 3.63. The van der Waals surface area contributed by atoms with Crippen LogP contribution in [0.5, 0.6) is 5.75 Å². The molecule has 18 heavy (non-hydrogen) atoms. The van der Waals surface area contributed by atoms with E-state index in [2.05, 4.69) is 0 Å². The van der Waals surface area contributed by atoms with E-state index >= 15 is 0 Å². The maximum Gasteiger partial charge on any atom is 0.188 e. The van der Waals surface area contributed by atoms with Gasteiger partial charge in [-0.05, 0) is 37.5 Å². The molecule has 4 nitrogen and oxygen atoms in total. The number of carbonyl (C=O) groups excluding carboxylic acids is 1. The SMILES string of the molecule is COc1c(C(=O)C2(N)CCOC2)ccc(C)c1C. The number of carbonyl (C=O) groups is 1. The second-order valence-electron chi connectivity index (χ2n) is 4.88. The lowest BCUT2D eigenvalue weighted by Gasteiger charge is -2.22. The maximum atomic E-state index is 12.5. The lowest BCUT2D eigenvalue weighted by atomic mass is 9.88. The van der Waals surface area contributed by atoms with E-state index < -0.39 is 5.54 Å². The normalized spacial score (nSPS) is 23.1. The number of aryl methyl sites for hydroxylation is 1. The largest absolute Gasteiger partial charge is 0.496 e. The van der Waals surface area contributed by atoms with Crippen LogP contribution in [0.1, 0.15) is 27.9 Å². The van der Waals surface area contributed by atoms with Crippen molar-refractivity contribution in [3.05, 3.63) is 28.8 Å². The molecule has 1 unspecified atom stereocenters. The van der Waals surface area contributed by atoms with Crippen LogP contribution in [0.25, 0.3) is 0 Å². The number of methoxy groups -OCH3 is 1. The van der Waals surface area contributed by atoms with E-state index in [-0.39, 0.29) is 12.4 Å². The van der Waals surface area contributed by atoms with Crippen molar-refractivity contribution in [3.8, 4) is 5.75 Å². The quantitative estimate of drug-likeness (QED) is 0.827. The van der Waals surface area contributed by atoms with Crippen molar-refractivity contribution in [2.24, 2.45) is 5.73 Å². The first-order valence-corrected chi connectivity index (χ1v) is 6.05. The van der Waals surface area contributed by atoms with Gasteiger partial charge in [0.05, 0.1) is 19.3 Å². The summed E-state index contributed by atoms with van der Waals surface area (Å²) in [4.78, 5) is 12.5. The Morgan fingerprint density at radius 2 is 2.17 bits per heavy atom. The molecule has 4 heteroatoms. The Balaban J connectivity index is 2.45. The predicted molar refractivity (Wildman–Crippen MR) is 69.2 cm³/mol. The molecule has 1 aliphatic heterocycles. The second-order valence-corrected chi connectivity index (χ2v) is 4.88. The summed E-state index contributed by atoms with van der Waals surface area (Å²) in [5, 5.41) is 0. The fourth-order valence-electron chi connectivity index (χ4n) is 2.26. The molecule has 0 spiro atoms. The van der Waals surface area contributed by atoms with Crippen molar-refractivity contribution in [2.45, 2.75) is 25.8 Å². The number of nitrogens with two attached hydrogens (primary N) is 1. The van der Waals surface area contributed by atoms with Gasteiger partial charge in [-0.15, -0.1) is 0 Å². The molecule has 1 aromatic carbocycles. The molecular weight excluding hydrogens is 230 g/mol. The molecule has 0 radical (unpaired) electrons. The van der Waals surface area contributed by atoms with Crippen molar-refractivity contribution in [2.75, 3.05) is 20.3 Å². The highest BCUT2D eigenvalue weighted by Gasteiger charge is 2.40. The number of hydrogen-bond acceptors (Lipinski definition) is 4. The van der Waals surface area contributed by atoms with Gasteiger partial charge in [0, 0.05) is 6.61 Å². The highest BCUT2D eigenvalue weighted by atomic mass is 16.5. The zero-order valence-electron chi connectivity index (χ0n) is 11.1. The van der Waals surface area contributed by atoms with Crippen LogP contribution in [0.2, 0.25) is 0 Å². The molecule has 2 N–H and O–H groups in total. The first-order chi connectivity index (χ1) is 8.49. The zero-order chi connectivity index (χ0) is 13.3. The summed E-state index contributed by atoms with van der Waals surface area (Å²) in [6, 6.07) is 3.71. The Morgan fingerprint density at radius 3 is 2.72 bits per heavy atom. The fraction of sp³-hybridized carbons (Fsp3) is 0.500. The average molecular weight is 249 g/mol. The minimum atomic E-state index is -0.908. The van der Waals surface area contributed by atoms with E-state index in [1.807, 2.05) is 19.9 Å². The predicted octanol–water partition coefficient (Wildman–Crippen LogP) is 1.61. The molecule has 1 aliphatic rings. The van der Waals surface area contributed by atoms with Gasteiger partial charge >= 0.3 is 0 Å². The highest BCUT2D eigenvalue weighted by Crippen LogP contribution is 2.30. The lowest BCUT2D eigenvalue weighted by Crippen LogP contribution is -2.48. The Hall–Kier alpha value is -1.39. The number of rotatable bonds is 3. The first-order valence-electron chi connectivity index (χ1n) is 6.05. The summed E-state index contributed by atoms with van der Waals surface area (Å²) in [7, 11) is 1.58. The van der Waals surface area contributed by atoms with Crippen LogP contribution in [0.4, 0.5) is 0 Å². The molecule has 98 valence electrons. The topological polar surface area (TPSA) is 61.5 Å². The second kappa shape index (κ2) is 4.71. The van der Waals surface area contributed by atoms with E-state index in [1.54, 1.807) is 13.2 Å². The standard InChI is InChI=1S/C14H19NO3/c1-9-4-5-11(12(17-3)10(9)2)13(16)14(15)6-7-18-8-14/h4-5H,6-8,15H2,1-3H3. The number of ketones is 1. The van der Waals surface area contributed by atoms with Gasteiger partial charge in [0.15, 0.2) is 5.78 Å². The number of ether oxygens (including phenoxy) is 2. The Morgan fingerprint density at radius 1 is 1.44 bits per heavy atom. The van der Waals surface area contributed by atoms with Gasteiger partial charge in [0.2, 0.25) is 0 Å². The van der Waals surface area contributed by atoms with Gasteiger partial charge < -0.3 is 15.2 Å². The summed E-state index contributed by atoms with van der Waals surface area (Å²) in [6.45, 7) is 4.75. The minimum absolute atomic E-state index is 0.0973. The van der Waals surface area contributed by atoms with E-state index in [0.717, 1.165) is 11.1 Å². The summed E-state index contributed by atoms with van der Waals surface area (Å²) in [6.07, 6.45) is 0.557. The maximum absolute atomic E-state index is 12.5. The first kappa shape index (κ1) is 13.1.